The maximum Gasteiger partial charge on any atom is 0.164 e. The average molecular weight is 115 g/mol. The predicted octanol–water partition coefficient (Wildman–Crippen LogP) is -0.480. The van der Waals surface area contributed by atoms with Crippen LogP contribution in [0.25, 0.3) is 0 Å². The van der Waals surface area contributed by atoms with Crippen LogP contribution in [0.5, 0.6) is 0 Å². The van der Waals surface area contributed by atoms with Crippen molar-refractivity contribution in [2.45, 2.75) is 19.2 Å². The molecule has 0 aromatic heterocycles. The summed E-state index contributed by atoms with van der Waals surface area (Å²) in [5.74, 6) is 0. The Labute approximate surface area is 48.0 Å². The van der Waals surface area contributed by atoms with Gasteiger partial charge in [-0.2, -0.15) is 0 Å². The lowest BCUT2D eigenvalue weighted by Gasteiger charge is -1.98. The molecule has 0 radical (unpaired) electrons. The minimum absolute atomic E-state index is 0.324. The molecule has 46 valence electrons. The molecule has 0 amide bonds. The van der Waals surface area contributed by atoms with Crippen LogP contribution in [0.2, 0.25) is 0 Å². The first-order valence-corrected chi connectivity index (χ1v) is 2.66. The van der Waals surface area contributed by atoms with Gasteiger partial charge in [-0.05, 0) is 6.92 Å². The van der Waals surface area contributed by atoms with Gasteiger partial charge in [-0.15, -0.1) is 0 Å². The molecule has 0 aromatic carbocycles. The van der Waals surface area contributed by atoms with Crippen molar-refractivity contribution in [1.29, 1.82) is 0 Å². The molecule has 0 saturated carbocycles. The Morgan fingerprint density at radius 2 is 2.62 bits per heavy atom. The molecule has 3 heteroatoms. The third kappa shape index (κ3) is 1.05. The van der Waals surface area contributed by atoms with E-state index in [0.717, 1.165) is 6.29 Å². The normalized spacial score (nSPS) is 37.6. The topological polar surface area (TPSA) is 38.3 Å². The van der Waals surface area contributed by atoms with Crippen molar-refractivity contribution in [1.82, 2.24) is 5.32 Å². The molecule has 1 saturated heterocycles. The molecule has 1 fully saturated rings. The molecule has 0 bridgehead atoms. The van der Waals surface area contributed by atoms with E-state index in [1.54, 1.807) is 0 Å². The van der Waals surface area contributed by atoms with E-state index in [1.807, 2.05) is 6.92 Å². The molecular formula is C5H9NO2. The molecule has 3 nitrogen and oxygen atoms in total. The van der Waals surface area contributed by atoms with Gasteiger partial charge in [0.2, 0.25) is 0 Å². The Bertz CT molecular complexity index is 94.4. The molecule has 8 heavy (non-hydrogen) atoms. The van der Waals surface area contributed by atoms with Gasteiger partial charge < -0.3 is 4.74 Å². The first kappa shape index (κ1) is 5.72. The van der Waals surface area contributed by atoms with Crippen LogP contribution in [0.4, 0.5) is 0 Å². The first-order valence-electron chi connectivity index (χ1n) is 2.66. The van der Waals surface area contributed by atoms with Gasteiger partial charge in [0.05, 0.1) is 6.61 Å². The highest BCUT2D eigenvalue weighted by Crippen LogP contribution is 1.97. The Kier molecular flexibility index (Phi) is 1.60. The lowest BCUT2D eigenvalue weighted by molar-refractivity contribution is -0.116. The zero-order valence-electron chi connectivity index (χ0n) is 4.76. The predicted molar refractivity (Wildman–Crippen MR) is 28.4 cm³/mol. The number of rotatable bonds is 1. The van der Waals surface area contributed by atoms with Crippen LogP contribution in [0.15, 0.2) is 0 Å². The largest absolute Gasteiger partial charge is 0.355 e. The first-order chi connectivity index (χ1) is 3.83. The van der Waals surface area contributed by atoms with Gasteiger partial charge in [0, 0.05) is 6.04 Å². The maximum absolute atomic E-state index is 9.97. The van der Waals surface area contributed by atoms with E-state index in [-0.39, 0.29) is 6.23 Å². The molecule has 1 aliphatic heterocycles. The standard InChI is InChI=1S/C5H9NO2/c1-4-3-8-5(2-7)6-4/h2,4-6H,3H2,1H3. The summed E-state index contributed by atoms with van der Waals surface area (Å²) in [7, 11) is 0. The average Bonchev–Trinajstić information content (AvgIpc) is 2.14. The number of hydrogen-bond donors (Lipinski definition) is 1. The molecule has 1 heterocycles. The van der Waals surface area contributed by atoms with Crippen molar-refractivity contribution in [2.75, 3.05) is 6.61 Å². The lowest BCUT2D eigenvalue weighted by Crippen LogP contribution is -2.28. The summed E-state index contributed by atoms with van der Waals surface area (Å²) in [6.07, 6.45) is 0.411. The van der Waals surface area contributed by atoms with Gasteiger partial charge in [0.15, 0.2) is 12.5 Å². The van der Waals surface area contributed by atoms with Crippen LogP contribution < -0.4 is 5.32 Å². The highest BCUT2D eigenvalue weighted by atomic mass is 16.5. The summed E-state index contributed by atoms with van der Waals surface area (Å²) in [5.41, 5.74) is 0. The Balaban J connectivity index is 2.32. The van der Waals surface area contributed by atoms with E-state index < -0.39 is 0 Å². The maximum atomic E-state index is 9.97. The molecule has 2 unspecified atom stereocenters. The van der Waals surface area contributed by atoms with Crippen molar-refractivity contribution in [3.05, 3.63) is 0 Å². The van der Waals surface area contributed by atoms with Gasteiger partial charge in [-0.1, -0.05) is 0 Å². The van der Waals surface area contributed by atoms with Crippen molar-refractivity contribution in [2.24, 2.45) is 0 Å². The van der Waals surface area contributed by atoms with Crippen molar-refractivity contribution < 1.29 is 9.53 Å². The fourth-order valence-electron chi connectivity index (χ4n) is 0.703. The van der Waals surface area contributed by atoms with Gasteiger partial charge in [0.1, 0.15) is 0 Å². The summed E-state index contributed by atoms with van der Waals surface area (Å²) >= 11 is 0. The number of nitrogens with one attached hydrogen (secondary N) is 1. The highest BCUT2D eigenvalue weighted by Gasteiger charge is 2.18. The fraction of sp³-hybridized carbons (Fsp3) is 0.800. The van der Waals surface area contributed by atoms with Crippen LogP contribution in [-0.2, 0) is 9.53 Å². The summed E-state index contributed by atoms with van der Waals surface area (Å²) in [5, 5.41) is 2.91. The number of aldehydes is 1. The number of ether oxygens (including phenoxy) is 1. The highest BCUT2D eigenvalue weighted by molar-refractivity contribution is 5.55. The Morgan fingerprint density at radius 1 is 1.88 bits per heavy atom. The molecule has 1 N–H and O–H groups in total. The number of carbonyl (C=O) groups is 1. The zero-order valence-corrected chi connectivity index (χ0v) is 4.76. The molecule has 0 aliphatic carbocycles. The second kappa shape index (κ2) is 2.24. The number of hydrogen-bond acceptors (Lipinski definition) is 3. The second-order valence-corrected chi connectivity index (χ2v) is 1.96. The van der Waals surface area contributed by atoms with Gasteiger partial charge in [-0.3, -0.25) is 10.1 Å². The molecular weight excluding hydrogens is 106 g/mol. The van der Waals surface area contributed by atoms with Crippen molar-refractivity contribution >= 4 is 6.29 Å². The van der Waals surface area contributed by atoms with Crippen molar-refractivity contribution in [3.8, 4) is 0 Å². The van der Waals surface area contributed by atoms with Crippen LogP contribution in [-0.4, -0.2) is 25.2 Å². The van der Waals surface area contributed by atoms with E-state index in [0.29, 0.717) is 12.6 Å². The number of carbonyl (C=O) groups excluding carboxylic acids is 1. The second-order valence-electron chi connectivity index (χ2n) is 1.96. The minimum atomic E-state index is -0.356. The van der Waals surface area contributed by atoms with Gasteiger partial charge in [0.25, 0.3) is 0 Å². The van der Waals surface area contributed by atoms with Crippen LogP contribution in [0, 0.1) is 0 Å². The summed E-state index contributed by atoms with van der Waals surface area (Å²) in [6.45, 7) is 2.62. The minimum Gasteiger partial charge on any atom is -0.355 e. The third-order valence-corrected chi connectivity index (χ3v) is 1.10. The van der Waals surface area contributed by atoms with E-state index in [2.05, 4.69) is 5.32 Å². The molecule has 0 spiro atoms. The monoisotopic (exact) mass is 115 g/mol. The molecule has 2 atom stereocenters. The smallest absolute Gasteiger partial charge is 0.164 e. The summed E-state index contributed by atoms with van der Waals surface area (Å²) in [4.78, 5) is 9.97. The fourth-order valence-corrected chi connectivity index (χ4v) is 0.703. The quantitative estimate of drug-likeness (QED) is 0.469. The van der Waals surface area contributed by atoms with E-state index in [1.165, 1.54) is 0 Å². The van der Waals surface area contributed by atoms with Gasteiger partial charge in [-0.25, -0.2) is 0 Å². The van der Waals surface area contributed by atoms with Gasteiger partial charge >= 0.3 is 0 Å². The van der Waals surface area contributed by atoms with E-state index in [9.17, 15) is 4.79 Å². The van der Waals surface area contributed by atoms with E-state index >= 15 is 0 Å². The molecule has 1 rings (SSSR count). The van der Waals surface area contributed by atoms with Crippen LogP contribution >= 0.6 is 0 Å². The molecule has 0 aromatic rings. The molecule has 1 aliphatic rings. The Hall–Kier alpha value is -0.410. The third-order valence-electron chi connectivity index (χ3n) is 1.10. The lowest BCUT2D eigenvalue weighted by atomic mass is 10.4. The van der Waals surface area contributed by atoms with E-state index in [4.69, 9.17) is 4.74 Å². The van der Waals surface area contributed by atoms with Crippen molar-refractivity contribution in [3.63, 3.8) is 0 Å². The van der Waals surface area contributed by atoms with Crippen LogP contribution in [0.1, 0.15) is 6.92 Å². The zero-order chi connectivity index (χ0) is 5.98. The SMILES string of the molecule is CC1COC(C=O)N1. The summed E-state index contributed by atoms with van der Waals surface area (Å²) < 4.78 is 4.94. The van der Waals surface area contributed by atoms with Crippen LogP contribution in [0.3, 0.4) is 0 Å². The Morgan fingerprint density at radius 3 is 2.88 bits per heavy atom. The summed E-state index contributed by atoms with van der Waals surface area (Å²) in [6, 6.07) is 0.324.